The molecule has 0 aliphatic carbocycles. The minimum absolute atomic E-state index is 0.804. The number of methoxy groups -OCH3 is 1. The first-order chi connectivity index (χ1) is 6.83. The molecular weight excluding hydrogens is 176 g/mol. The number of benzene rings is 1. The molecule has 0 saturated heterocycles. The molecule has 14 heavy (non-hydrogen) atoms. The number of rotatable bonds is 2. The minimum Gasteiger partial charge on any atom is -0.493 e. The average molecular weight is 188 g/mol. The second kappa shape index (κ2) is 3.54. The second-order valence-corrected chi connectivity index (χ2v) is 3.05. The van der Waals surface area contributed by atoms with Crippen LogP contribution in [-0.4, -0.2) is 16.9 Å². The topological polar surface area (TPSA) is 27.1 Å². The van der Waals surface area contributed by atoms with E-state index in [4.69, 9.17) is 4.74 Å². The predicted molar refractivity (Wildman–Crippen MR) is 55.2 cm³/mol. The fourth-order valence-corrected chi connectivity index (χ4v) is 1.49. The number of aryl methyl sites for hydroxylation is 1. The quantitative estimate of drug-likeness (QED) is 0.721. The molecule has 0 saturated carbocycles. The van der Waals surface area contributed by atoms with Gasteiger partial charge in [-0.05, 0) is 0 Å². The summed E-state index contributed by atoms with van der Waals surface area (Å²) in [6.07, 6.45) is 1.72. The summed E-state index contributed by atoms with van der Waals surface area (Å²) in [6, 6.07) is 10.1. The van der Waals surface area contributed by atoms with Crippen LogP contribution in [0.5, 0.6) is 5.75 Å². The van der Waals surface area contributed by atoms with E-state index in [0.29, 0.717) is 0 Å². The van der Waals surface area contributed by atoms with E-state index >= 15 is 0 Å². The Morgan fingerprint density at radius 2 is 1.93 bits per heavy atom. The largest absolute Gasteiger partial charge is 0.493 e. The minimum atomic E-state index is 0.804. The third-order valence-corrected chi connectivity index (χ3v) is 2.17. The van der Waals surface area contributed by atoms with Gasteiger partial charge < -0.3 is 4.74 Å². The summed E-state index contributed by atoms with van der Waals surface area (Å²) in [7, 11) is 3.56. The van der Waals surface area contributed by atoms with Gasteiger partial charge in [0.05, 0.1) is 13.3 Å². The Kier molecular flexibility index (Phi) is 2.23. The number of hydrogen-bond donors (Lipinski definition) is 0. The molecule has 0 spiro atoms. The molecule has 1 aromatic carbocycles. The average Bonchev–Trinajstić information content (AvgIpc) is 2.61. The van der Waals surface area contributed by atoms with Crippen molar-refractivity contribution in [2.24, 2.45) is 7.05 Å². The van der Waals surface area contributed by atoms with E-state index in [9.17, 15) is 0 Å². The highest BCUT2D eigenvalue weighted by Crippen LogP contribution is 2.28. The monoisotopic (exact) mass is 188 g/mol. The maximum Gasteiger partial charge on any atom is 0.164 e. The fourth-order valence-electron chi connectivity index (χ4n) is 1.49. The number of hydrogen-bond acceptors (Lipinski definition) is 2. The first-order valence-electron chi connectivity index (χ1n) is 4.44. The van der Waals surface area contributed by atoms with Crippen molar-refractivity contribution in [1.29, 1.82) is 0 Å². The van der Waals surface area contributed by atoms with Crippen LogP contribution < -0.4 is 4.74 Å². The first-order valence-corrected chi connectivity index (χ1v) is 4.44. The van der Waals surface area contributed by atoms with E-state index in [0.717, 1.165) is 17.0 Å². The summed E-state index contributed by atoms with van der Waals surface area (Å²) >= 11 is 0. The SMILES string of the molecule is COc1cnn(C)c1-c1ccccc1. The molecule has 0 aliphatic rings. The lowest BCUT2D eigenvalue weighted by atomic mass is 10.1. The molecule has 0 unspecified atom stereocenters. The molecule has 0 N–H and O–H groups in total. The third-order valence-electron chi connectivity index (χ3n) is 2.17. The van der Waals surface area contributed by atoms with Gasteiger partial charge in [0.15, 0.2) is 5.75 Å². The summed E-state index contributed by atoms with van der Waals surface area (Å²) in [5, 5.41) is 4.16. The molecule has 72 valence electrons. The van der Waals surface area contributed by atoms with Gasteiger partial charge >= 0.3 is 0 Å². The predicted octanol–water partition coefficient (Wildman–Crippen LogP) is 2.10. The highest BCUT2D eigenvalue weighted by atomic mass is 16.5. The molecule has 0 amide bonds. The molecule has 0 aliphatic heterocycles. The Balaban J connectivity index is 2.55. The molecule has 0 atom stereocenters. The van der Waals surface area contributed by atoms with E-state index in [1.54, 1.807) is 13.3 Å². The van der Waals surface area contributed by atoms with E-state index in [-0.39, 0.29) is 0 Å². The molecular formula is C11H12N2O. The fraction of sp³-hybridized carbons (Fsp3) is 0.182. The van der Waals surface area contributed by atoms with Crippen molar-refractivity contribution in [2.75, 3.05) is 7.11 Å². The molecule has 0 fully saturated rings. The zero-order chi connectivity index (χ0) is 9.97. The van der Waals surface area contributed by atoms with E-state index < -0.39 is 0 Å². The Bertz CT molecular complexity index is 420. The van der Waals surface area contributed by atoms with Crippen LogP contribution in [0.25, 0.3) is 11.3 Å². The smallest absolute Gasteiger partial charge is 0.164 e. The molecule has 2 rings (SSSR count). The van der Waals surface area contributed by atoms with Gasteiger partial charge in [0.25, 0.3) is 0 Å². The van der Waals surface area contributed by atoms with Crippen molar-refractivity contribution in [3.8, 4) is 17.0 Å². The number of ether oxygens (including phenoxy) is 1. The van der Waals surface area contributed by atoms with E-state index in [1.807, 2.05) is 42.1 Å². The summed E-state index contributed by atoms with van der Waals surface area (Å²) in [5.74, 6) is 0.804. The highest BCUT2D eigenvalue weighted by Gasteiger charge is 2.09. The standard InChI is InChI=1S/C11H12N2O/c1-13-11(10(14-2)8-12-13)9-6-4-3-5-7-9/h3-8H,1-2H3. The van der Waals surface area contributed by atoms with E-state index in [1.165, 1.54) is 0 Å². The van der Waals surface area contributed by atoms with Gasteiger partial charge in [0.2, 0.25) is 0 Å². The van der Waals surface area contributed by atoms with Crippen LogP contribution in [0.3, 0.4) is 0 Å². The van der Waals surface area contributed by atoms with Crippen molar-refractivity contribution in [1.82, 2.24) is 9.78 Å². The normalized spacial score (nSPS) is 10.1. The molecule has 3 nitrogen and oxygen atoms in total. The van der Waals surface area contributed by atoms with Gasteiger partial charge in [0.1, 0.15) is 5.69 Å². The molecule has 3 heteroatoms. The lowest BCUT2D eigenvalue weighted by Gasteiger charge is -2.04. The highest BCUT2D eigenvalue weighted by molar-refractivity contribution is 5.66. The van der Waals surface area contributed by atoms with Crippen molar-refractivity contribution in [3.05, 3.63) is 36.5 Å². The van der Waals surface area contributed by atoms with Crippen LogP contribution in [0.1, 0.15) is 0 Å². The van der Waals surface area contributed by atoms with E-state index in [2.05, 4.69) is 5.10 Å². The lowest BCUT2D eigenvalue weighted by molar-refractivity contribution is 0.416. The zero-order valence-corrected chi connectivity index (χ0v) is 8.27. The Morgan fingerprint density at radius 1 is 1.21 bits per heavy atom. The van der Waals surface area contributed by atoms with Crippen molar-refractivity contribution in [2.45, 2.75) is 0 Å². The summed E-state index contributed by atoms with van der Waals surface area (Å²) < 4.78 is 7.05. The van der Waals surface area contributed by atoms with Crippen molar-refractivity contribution in [3.63, 3.8) is 0 Å². The Morgan fingerprint density at radius 3 is 2.57 bits per heavy atom. The Hall–Kier alpha value is -1.77. The van der Waals surface area contributed by atoms with Gasteiger partial charge in [-0.15, -0.1) is 0 Å². The van der Waals surface area contributed by atoms with Crippen molar-refractivity contribution < 1.29 is 4.74 Å². The summed E-state index contributed by atoms with van der Waals surface area (Å²) in [5.41, 5.74) is 2.12. The molecule has 2 aromatic rings. The van der Waals surface area contributed by atoms with Crippen LogP contribution in [0.15, 0.2) is 36.5 Å². The lowest BCUT2D eigenvalue weighted by Crippen LogP contribution is -1.94. The second-order valence-electron chi connectivity index (χ2n) is 3.05. The van der Waals surface area contributed by atoms with Gasteiger partial charge in [-0.3, -0.25) is 4.68 Å². The zero-order valence-electron chi connectivity index (χ0n) is 8.27. The molecule has 0 bridgehead atoms. The van der Waals surface area contributed by atoms with Crippen LogP contribution in [0.2, 0.25) is 0 Å². The Labute approximate surface area is 82.9 Å². The first kappa shape index (κ1) is 8.81. The van der Waals surface area contributed by atoms with Gasteiger partial charge in [-0.25, -0.2) is 0 Å². The van der Waals surface area contributed by atoms with Crippen LogP contribution in [0, 0.1) is 0 Å². The maximum absolute atomic E-state index is 5.24. The van der Waals surface area contributed by atoms with Gasteiger partial charge in [-0.2, -0.15) is 5.10 Å². The maximum atomic E-state index is 5.24. The van der Waals surface area contributed by atoms with Crippen LogP contribution in [0.4, 0.5) is 0 Å². The number of aromatic nitrogens is 2. The van der Waals surface area contributed by atoms with Gasteiger partial charge in [0, 0.05) is 12.6 Å². The third kappa shape index (κ3) is 1.37. The summed E-state index contributed by atoms with van der Waals surface area (Å²) in [6.45, 7) is 0. The van der Waals surface area contributed by atoms with Crippen molar-refractivity contribution >= 4 is 0 Å². The number of nitrogens with zero attached hydrogens (tertiary/aromatic N) is 2. The molecule has 1 aromatic heterocycles. The molecule has 0 radical (unpaired) electrons. The van der Waals surface area contributed by atoms with Crippen LogP contribution >= 0.6 is 0 Å². The van der Waals surface area contributed by atoms with Crippen LogP contribution in [-0.2, 0) is 7.05 Å². The molecule has 1 heterocycles. The van der Waals surface area contributed by atoms with Gasteiger partial charge in [-0.1, -0.05) is 30.3 Å². The summed E-state index contributed by atoms with van der Waals surface area (Å²) in [4.78, 5) is 0.